The molecule has 0 fully saturated rings. The number of carbonyl (C=O) groups is 1. The zero-order valence-corrected chi connectivity index (χ0v) is 10.2. The first-order chi connectivity index (χ1) is 8.61. The van der Waals surface area contributed by atoms with Crippen LogP contribution in [0.5, 0.6) is 11.5 Å². The number of hydrogen-bond acceptors (Lipinski definition) is 4. The van der Waals surface area contributed by atoms with Crippen LogP contribution in [-0.4, -0.2) is 29.4 Å². The van der Waals surface area contributed by atoms with Gasteiger partial charge in [0.15, 0.2) is 6.10 Å². The van der Waals surface area contributed by atoms with Gasteiger partial charge in [0, 0.05) is 29.5 Å². The molecule has 5 nitrogen and oxygen atoms in total. The van der Waals surface area contributed by atoms with E-state index in [1.54, 1.807) is 0 Å². The van der Waals surface area contributed by atoms with Crippen molar-refractivity contribution in [3.05, 3.63) is 21.7 Å². The van der Waals surface area contributed by atoms with Crippen molar-refractivity contribution < 1.29 is 24.5 Å². The summed E-state index contributed by atoms with van der Waals surface area (Å²) in [6.45, 7) is 0.884. The summed E-state index contributed by atoms with van der Waals surface area (Å²) in [7, 11) is 0. The number of carboxylic acids is 1. The Bertz CT molecular complexity index is 505. The maximum atomic E-state index is 11.0. The molecule has 0 aliphatic carbocycles. The van der Waals surface area contributed by atoms with Gasteiger partial charge in [-0.3, -0.25) is 0 Å². The standard InChI is InChI=1S/C12H11ClO5/c13-8-6-2-4-17-10(6)7(9(14)12(15)16)5-1-3-18-11(5)8/h9,14H,1-4H2,(H,15,16). The van der Waals surface area contributed by atoms with Crippen LogP contribution in [0.3, 0.4) is 0 Å². The third kappa shape index (κ3) is 1.47. The van der Waals surface area contributed by atoms with E-state index in [0.29, 0.717) is 53.7 Å². The fourth-order valence-electron chi connectivity index (χ4n) is 2.50. The molecule has 1 aromatic rings. The Morgan fingerprint density at radius 2 is 1.78 bits per heavy atom. The first-order valence-electron chi connectivity index (χ1n) is 5.64. The Balaban J connectivity index is 2.27. The van der Waals surface area contributed by atoms with Crippen LogP contribution in [0.2, 0.25) is 5.02 Å². The van der Waals surface area contributed by atoms with Gasteiger partial charge in [0.25, 0.3) is 0 Å². The van der Waals surface area contributed by atoms with E-state index in [1.165, 1.54) is 0 Å². The third-order valence-corrected chi connectivity index (χ3v) is 3.69. The second kappa shape index (κ2) is 4.03. The minimum atomic E-state index is -1.61. The van der Waals surface area contributed by atoms with Crippen molar-refractivity contribution in [1.29, 1.82) is 0 Å². The molecule has 6 heteroatoms. The second-order valence-corrected chi connectivity index (χ2v) is 4.66. The molecule has 2 heterocycles. The molecule has 18 heavy (non-hydrogen) atoms. The molecule has 3 rings (SSSR count). The average molecular weight is 271 g/mol. The van der Waals surface area contributed by atoms with Gasteiger partial charge in [0.2, 0.25) is 0 Å². The van der Waals surface area contributed by atoms with Crippen LogP contribution in [-0.2, 0) is 17.6 Å². The van der Waals surface area contributed by atoms with Crippen molar-refractivity contribution in [2.24, 2.45) is 0 Å². The first-order valence-corrected chi connectivity index (χ1v) is 6.02. The number of halogens is 1. The Morgan fingerprint density at radius 1 is 1.17 bits per heavy atom. The van der Waals surface area contributed by atoms with Gasteiger partial charge in [-0.05, 0) is 0 Å². The summed E-state index contributed by atoms with van der Waals surface area (Å²) in [5.41, 5.74) is 1.68. The van der Waals surface area contributed by atoms with Gasteiger partial charge in [-0.15, -0.1) is 0 Å². The highest BCUT2D eigenvalue weighted by Gasteiger charge is 2.35. The fourth-order valence-corrected chi connectivity index (χ4v) is 2.85. The van der Waals surface area contributed by atoms with Gasteiger partial charge in [-0.25, -0.2) is 4.79 Å². The molecule has 2 aliphatic heterocycles. The molecular formula is C12H11ClO5. The van der Waals surface area contributed by atoms with Crippen molar-refractivity contribution >= 4 is 17.6 Å². The van der Waals surface area contributed by atoms with E-state index >= 15 is 0 Å². The van der Waals surface area contributed by atoms with Crippen LogP contribution in [0.15, 0.2) is 0 Å². The highest BCUT2D eigenvalue weighted by molar-refractivity contribution is 6.33. The number of ether oxygens (including phenoxy) is 2. The van der Waals surface area contributed by atoms with Crippen LogP contribution >= 0.6 is 11.6 Å². The number of aliphatic hydroxyl groups is 1. The quantitative estimate of drug-likeness (QED) is 0.848. The molecule has 0 radical (unpaired) electrons. The van der Waals surface area contributed by atoms with Crippen LogP contribution in [0.25, 0.3) is 0 Å². The van der Waals surface area contributed by atoms with Gasteiger partial charge in [-0.1, -0.05) is 11.6 Å². The molecule has 0 aromatic heterocycles. The predicted octanol–water partition coefficient (Wildman–Crippen LogP) is 1.33. The van der Waals surface area contributed by atoms with Gasteiger partial charge >= 0.3 is 5.97 Å². The van der Waals surface area contributed by atoms with Gasteiger partial charge < -0.3 is 19.7 Å². The molecule has 0 bridgehead atoms. The monoisotopic (exact) mass is 270 g/mol. The van der Waals surface area contributed by atoms with Crippen molar-refractivity contribution in [3.8, 4) is 11.5 Å². The van der Waals surface area contributed by atoms with E-state index in [9.17, 15) is 9.90 Å². The molecule has 0 saturated heterocycles. The van der Waals surface area contributed by atoms with Crippen LogP contribution in [0.4, 0.5) is 0 Å². The molecule has 1 atom stereocenters. The number of benzene rings is 1. The number of fused-ring (bicyclic) bond motifs is 2. The molecule has 96 valence electrons. The second-order valence-electron chi connectivity index (χ2n) is 4.28. The Hall–Kier alpha value is -1.46. The lowest BCUT2D eigenvalue weighted by molar-refractivity contribution is -0.147. The van der Waals surface area contributed by atoms with Crippen molar-refractivity contribution in [1.82, 2.24) is 0 Å². The Labute approximate surface area is 108 Å². The first kappa shape index (κ1) is 11.6. The summed E-state index contributed by atoms with van der Waals surface area (Å²) in [5.74, 6) is -0.389. The van der Waals surface area contributed by atoms with E-state index in [0.717, 1.165) is 5.56 Å². The van der Waals surface area contributed by atoms with E-state index in [-0.39, 0.29) is 0 Å². The molecule has 2 N–H and O–H groups in total. The smallest absolute Gasteiger partial charge is 0.337 e. The molecule has 0 saturated carbocycles. The Kier molecular flexibility index (Phi) is 2.60. The summed E-state index contributed by atoms with van der Waals surface area (Å²) >= 11 is 6.22. The largest absolute Gasteiger partial charge is 0.492 e. The predicted molar refractivity (Wildman–Crippen MR) is 62.4 cm³/mol. The van der Waals surface area contributed by atoms with Gasteiger partial charge in [-0.2, -0.15) is 0 Å². The van der Waals surface area contributed by atoms with E-state index in [1.807, 2.05) is 0 Å². The zero-order valence-electron chi connectivity index (χ0n) is 9.40. The van der Waals surface area contributed by atoms with Crippen molar-refractivity contribution in [2.75, 3.05) is 13.2 Å². The number of hydrogen-bond donors (Lipinski definition) is 2. The summed E-state index contributed by atoms with van der Waals surface area (Å²) in [5, 5.41) is 19.3. The summed E-state index contributed by atoms with van der Waals surface area (Å²) in [6.07, 6.45) is -0.472. The van der Waals surface area contributed by atoms with Gasteiger partial charge in [0.1, 0.15) is 11.5 Å². The van der Waals surface area contributed by atoms with Crippen LogP contribution < -0.4 is 9.47 Å². The van der Waals surface area contributed by atoms with Crippen LogP contribution in [0.1, 0.15) is 22.8 Å². The maximum Gasteiger partial charge on any atom is 0.337 e. The number of rotatable bonds is 2. The van der Waals surface area contributed by atoms with E-state index in [4.69, 9.17) is 26.2 Å². The van der Waals surface area contributed by atoms with E-state index < -0.39 is 12.1 Å². The maximum absolute atomic E-state index is 11.0. The molecule has 0 spiro atoms. The van der Waals surface area contributed by atoms with Crippen molar-refractivity contribution in [2.45, 2.75) is 18.9 Å². The topological polar surface area (TPSA) is 76.0 Å². The highest BCUT2D eigenvalue weighted by Crippen LogP contribution is 2.48. The zero-order chi connectivity index (χ0) is 12.9. The summed E-state index contributed by atoms with van der Waals surface area (Å²) < 4.78 is 10.9. The number of aliphatic carboxylic acids is 1. The highest BCUT2D eigenvalue weighted by atomic mass is 35.5. The normalized spacial score (nSPS) is 17.7. The molecular weight excluding hydrogens is 260 g/mol. The average Bonchev–Trinajstić information content (AvgIpc) is 2.96. The fraction of sp³-hybridized carbons (Fsp3) is 0.417. The number of carboxylic acid groups (broad SMARTS) is 1. The minimum absolute atomic E-state index is 0.298. The minimum Gasteiger partial charge on any atom is -0.492 e. The van der Waals surface area contributed by atoms with Crippen molar-refractivity contribution in [3.63, 3.8) is 0 Å². The Morgan fingerprint density at radius 3 is 2.44 bits per heavy atom. The SMILES string of the molecule is O=C(O)C(O)c1c2c(c(Cl)c3c1OCC3)OCC2. The summed E-state index contributed by atoms with van der Waals surface area (Å²) in [6, 6.07) is 0. The molecule has 0 amide bonds. The van der Waals surface area contributed by atoms with Crippen LogP contribution in [0, 0.1) is 0 Å². The number of aliphatic hydroxyl groups excluding tert-OH is 1. The lowest BCUT2D eigenvalue weighted by atomic mass is 9.95. The molecule has 1 unspecified atom stereocenters. The lowest BCUT2D eigenvalue weighted by Gasteiger charge is -2.16. The third-order valence-electron chi connectivity index (χ3n) is 3.29. The summed E-state index contributed by atoms with van der Waals surface area (Å²) in [4.78, 5) is 11.0. The molecule has 1 aromatic carbocycles. The van der Waals surface area contributed by atoms with Gasteiger partial charge in [0.05, 0.1) is 18.2 Å². The lowest BCUT2D eigenvalue weighted by Crippen LogP contribution is -2.14. The molecule has 2 aliphatic rings. The van der Waals surface area contributed by atoms with E-state index in [2.05, 4.69) is 0 Å².